The molecule has 0 spiro atoms. The normalized spacial score (nSPS) is 24.8. The van der Waals surface area contributed by atoms with Gasteiger partial charge in [-0.25, -0.2) is 0 Å². The van der Waals surface area contributed by atoms with E-state index in [2.05, 4.69) is 129 Å². The lowest BCUT2D eigenvalue weighted by Gasteiger charge is -2.20. The van der Waals surface area contributed by atoms with Crippen molar-refractivity contribution in [2.24, 2.45) is 17.8 Å². The molecule has 2 saturated carbocycles. The van der Waals surface area contributed by atoms with Gasteiger partial charge < -0.3 is 0 Å². The Bertz CT molecular complexity index is 1560. The molecule has 5 unspecified atom stereocenters. The van der Waals surface area contributed by atoms with E-state index in [0.29, 0.717) is 23.7 Å². The van der Waals surface area contributed by atoms with Gasteiger partial charge in [-0.15, -0.1) is 0 Å². The molecule has 0 aliphatic heterocycles. The van der Waals surface area contributed by atoms with Crippen LogP contribution in [0.4, 0.5) is 0 Å². The Balaban J connectivity index is 1.18. The highest BCUT2D eigenvalue weighted by Crippen LogP contribution is 2.57. The quantitative estimate of drug-likeness (QED) is 0.171. The molecule has 0 radical (unpaired) electrons. The first-order valence-electron chi connectivity index (χ1n) is 15.5. The van der Waals surface area contributed by atoms with Crippen molar-refractivity contribution >= 4 is 11.6 Å². The van der Waals surface area contributed by atoms with Crippen LogP contribution in [0.5, 0.6) is 0 Å². The summed E-state index contributed by atoms with van der Waals surface area (Å²) in [6.07, 6.45) is 8.56. The summed E-state index contributed by atoms with van der Waals surface area (Å²) in [5.74, 6) is 2.95. The van der Waals surface area contributed by atoms with E-state index in [1.807, 2.05) is 0 Å². The third kappa shape index (κ3) is 4.84. The first-order valence-corrected chi connectivity index (χ1v) is 15.5. The van der Waals surface area contributed by atoms with Crippen LogP contribution >= 0.6 is 0 Å². The third-order valence-electron chi connectivity index (χ3n) is 10.3. The van der Waals surface area contributed by atoms with Crippen molar-refractivity contribution in [3.8, 4) is 0 Å². The second-order valence-corrected chi connectivity index (χ2v) is 12.7. The fraction of sp³-hybridized carbons (Fsp3) is 0.268. The van der Waals surface area contributed by atoms with Gasteiger partial charge in [-0.3, -0.25) is 0 Å². The van der Waals surface area contributed by atoms with Crippen LogP contribution in [0, 0.1) is 17.8 Å². The molecule has 0 saturated heterocycles. The molecule has 4 aromatic rings. The predicted molar refractivity (Wildman–Crippen MR) is 174 cm³/mol. The van der Waals surface area contributed by atoms with Crippen LogP contribution in [0.3, 0.4) is 0 Å². The van der Waals surface area contributed by atoms with Crippen LogP contribution in [0.1, 0.15) is 83.4 Å². The summed E-state index contributed by atoms with van der Waals surface area (Å²) < 4.78 is 0. The lowest BCUT2D eigenvalue weighted by atomic mass is 9.83. The fourth-order valence-corrected chi connectivity index (χ4v) is 8.05. The Morgan fingerprint density at radius 3 is 2.10 bits per heavy atom. The minimum absolute atomic E-state index is 0.465. The van der Waals surface area contributed by atoms with Crippen LogP contribution in [-0.2, 0) is 6.42 Å². The van der Waals surface area contributed by atoms with E-state index >= 15 is 0 Å². The minimum atomic E-state index is 0.465. The monoisotopic (exact) mass is 532 g/mol. The lowest BCUT2D eigenvalue weighted by Crippen LogP contribution is -2.08. The fourth-order valence-electron chi connectivity index (χ4n) is 8.05. The molecular formula is C41H40. The van der Waals surface area contributed by atoms with E-state index in [9.17, 15) is 0 Å². The van der Waals surface area contributed by atoms with Crippen molar-refractivity contribution in [2.45, 2.75) is 50.9 Å². The Morgan fingerprint density at radius 2 is 1.46 bits per heavy atom. The Hall–Kier alpha value is -3.90. The molecule has 4 aromatic carbocycles. The van der Waals surface area contributed by atoms with Crippen LogP contribution in [0.25, 0.3) is 11.6 Å². The van der Waals surface area contributed by atoms with Crippen LogP contribution in [-0.4, -0.2) is 0 Å². The Morgan fingerprint density at radius 1 is 0.780 bits per heavy atom. The smallest absolute Gasteiger partial charge is 0.0126 e. The Kier molecular flexibility index (Phi) is 6.87. The molecule has 0 heteroatoms. The average Bonchev–Trinajstić information content (AvgIpc) is 3.67. The second kappa shape index (κ2) is 10.8. The van der Waals surface area contributed by atoms with Gasteiger partial charge in [0.15, 0.2) is 0 Å². The van der Waals surface area contributed by atoms with Crippen molar-refractivity contribution in [2.75, 3.05) is 0 Å². The van der Waals surface area contributed by atoms with Crippen molar-refractivity contribution in [3.05, 3.63) is 166 Å². The summed E-state index contributed by atoms with van der Waals surface area (Å²) in [5.41, 5.74) is 13.9. The molecule has 2 fully saturated rings. The number of allylic oxidation sites excluding steroid dienone is 2. The van der Waals surface area contributed by atoms with Crippen molar-refractivity contribution in [1.29, 1.82) is 0 Å². The summed E-state index contributed by atoms with van der Waals surface area (Å²) in [6.45, 7) is 11.0. The van der Waals surface area contributed by atoms with Crippen LogP contribution in [0.2, 0.25) is 0 Å². The number of benzene rings is 4. The summed E-state index contributed by atoms with van der Waals surface area (Å²) in [6, 6.07) is 38.4. The Labute approximate surface area is 246 Å². The maximum absolute atomic E-state index is 4.43. The van der Waals surface area contributed by atoms with Gasteiger partial charge in [0.25, 0.3) is 0 Å². The molecule has 204 valence electrons. The highest BCUT2D eigenvalue weighted by atomic mass is 14.5. The predicted octanol–water partition coefficient (Wildman–Crippen LogP) is 10.6. The van der Waals surface area contributed by atoms with Gasteiger partial charge in [0.1, 0.15) is 0 Å². The molecule has 0 heterocycles. The van der Waals surface area contributed by atoms with Gasteiger partial charge in [0, 0.05) is 5.92 Å². The molecule has 0 aromatic heterocycles. The third-order valence-corrected chi connectivity index (χ3v) is 10.3. The van der Waals surface area contributed by atoms with Gasteiger partial charge in [-0.05, 0) is 99.9 Å². The van der Waals surface area contributed by atoms with E-state index in [4.69, 9.17) is 0 Å². The van der Waals surface area contributed by atoms with E-state index in [-0.39, 0.29) is 0 Å². The summed E-state index contributed by atoms with van der Waals surface area (Å²) >= 11 is 0. The largest absolute Gasteiger partial charge is 0.0992 e. The molecule has 7 rings (SSSR count). The van der Waals surface area contributed by atoms with Crippen molar-refractivity contribution < 1.29 is 0 Å². The van der Waals surface area contributed by atoms with Crippen LogP contribution < -0.4 is 0 Å². The molecule has 0 bridgehead atoms. The molecule has 3 aliphatic carbocycles. The van der Waals surface area contributed by atoms with E-state index in [1.54, 1.807) is 11.1 Å². The molecule has 0 amide bonds. The maximum atomic E-state index is 4.43. The first-order chi connectivity index (χ1) is 20.1. The van der Waals surface area contributed by atoms with Gasteiger partial charge in [0.2, 0.25) is 0 Å². The molecule has 0 N–H and O–H groups in total. The van der Waals surface area contributed by atoms with Gasteiger partial charge in [-0.2, -0.15) is 0 Å². The van der Waals surface area contributed by atoms with Crippen molar-refractivity contribution in [3.63, 3.8) is 0 Å². The zero-order valence-electron chi connectivity index (χ0n) is 24.2. The molecule has 41 heavy (non-hydrogen) atoms. The molecule has 5 atom stereocenters. The number of hydrogen-bond donors (Lipinski definition) is 0. The molecular weight excluding hydrogens is 492 g/mol. The number of hydrogen-bond acceptors (Lipinski definition) is 0. The van der Waals surface area contributed by atoms with Crippen molar-refractivity contribution in [1.82, 2.24) is 0 Å². The molecule has 0 nitrogen and oxygen atoms in total. The SMILES string of the molecule is C=C1CC(Cc2ccc3c(c2)C2CCCC2C3c2ccc(C=C(c3ccccc3)c3ccccc3)cc2)C(=C)C1C. The van der Waals surface area contributed by atoms with Gasteiger partial charge >= 0.3 is 0 Å². The average molecular weight is 533 g/mol. The van der Waals surface area contributed by atoms with Gasteiger partial charge in [-0.1, -0.05) is 141 Å². The zero-order valence-corrected chi connectivity index (χ0v) is 24.2. The van der Waals surface area contributed by atoms with E-state index in [0.717, 1.165) is 18.8 Å². The van der Waals surface area contributed by atoms with Crippen LogP contribution in [0.15, 0.2) is 127 Å². The zero-order chi connectivity index (χ0) is 27.9. The minimum Gasteiger partial charge on any atom is -0.0992 e. The van der Waals surface area contributed by atoms with E-state index < -0.39 is 0 Å². The number of rotatable bonds is 6. The van der Waals surface area contributed by atoms with E-state index in [1.165, 1.54) is 63.8 Å². The topological polar surface area (TPSA) is 0 Å². The number of fused-ring (bicyclic) bond motifs is 3. The first kappa shape index (κ1) is 26.0. The summed E-state index contributed by atoms with van der Waals surface area (Å²) in [5, 5.41) is 0. The summed E-state index contributed by atoms with van der Waals surface area (Å²) in [7, 11) is 0. The standard InChI is InChI=1S/C41H40/c1-27-23-35(29(3)28(27)2)24-31-19-22-38-40(26-31)36-15-10-16-37(36)41(38)34-20-17-30(18-21-34)25-39(32-11-6-4-7-12-32)33-13-8-5-9-14-33/h4-9,11-14,17-22,25-26,28,35-37,41H,1,3,10,15-16,23-24H2,2H3. The molecule has 3 aliphatic rings. The maximum Gasteiger partial charge on any atom is 0.0126 e. The highest BCUT2D eigenvalue weighted by molar-refractivity contribution is 5.91. The second-order valence-electron chi connectivity index (χ2n) is 12.7. The van der Waals surface area contributed by atoms with Gasteiger partial charge in [0.05, 0.1) is 0 Å². The summed E-state index contributed by atoms with van der Waals surface area (Å²) in [4.78, 5) is 0. The lowest BCUT2D eigenvalue weighted by molar-refractivity contribution is 0.476. The highest BCUT2D eigenvalue weighted by Gasteiger charge is 2.44.